The standard InChI is InChI=1S/C47H58Cl3NO22/c1-23-35(65-25(3)53)39(67-27(5)55)41(62-19-31-16-12-9-13-17-31)44(64-23)73-38-34(51-46(59)63-22-47(48,49)50)43(58)70-32(20-60-18-30-14-10-8-11-15-30)36(38)72-45-42(69-29(7)57)40(68-28(6)56)37(66-26(4)54)33(71-45)21-61-24(2)52/h8-17,23,32-45,58H,18-22H2,1-7H3,(H,51,59)/t23-,32+,33+,34+,35+,36+,37-,38+,39+,40-,41-,42+,43+,44-,45-/m0/s1. The van der Waals surface area contributed by atoms with Crippen molar-refractivity contribution in [2.45, 2.75) is 158 Å². The first kappa shape index (κ1) is 59.0. The number of carbonyl (C=O) groups excluding carboxylic acids is 7. The maximum Gasteiger partial charge on any atom is 0.407 e. The molecule has 2 aromatic carbocycles. The van der Waals surface area contributed by atoms with Crippen LogP contribution in [0.15, 0.2) is 60.7 Å². The minimum Gasteiger partial charge on any atom is -0.463 e. The first-order valence-electron chi connectivity index (χ1n) is 22.7. The Bertz CT molecular complexity index is 2170. The summed E-state index contributed by atoms with van der Waals surface area (Å²) in [5.74, 6) is -5.19. The number of alkyl carbamates (subject to hydrolysis) is 1. The van der Waals surface area contributed by atoms with E-state index in [1.54, 1.807) is 60.7 Å². The molecule has 404 valence electrons. The van der Waals surface area contributed by atoms with Gasteiger partial charge >= 0.3 is 41.9 Å². The molecule has 3 saturated heterocycles. The van der Waals surface area contributed by atoms with Gasteiger partial charge in [-0.3, -0.25) is 28.8 Å². The lowest BCUT2D eigenvalue weighted by Crippen LogP contribution is -2.70. The van der Waals surface area contributed by atoms with Crippen LogP contribution >= 0.6 is 34.8 Å². The first-order valence-corrected chi connectivity index (χ1v) is 23.8. The molecule has 1 amide bonds. The summed E-state index contributed by atoms with van der Waals surface area (Å²) in [5.41, 5.74) is 1.34. The third-order valence-corrected chi connectivity index (χ3v) is 11.2. The topological polar surface area (TPSA) is 281 Å². The number of aliphatic hydroxyl groups is 1. The van der Waals surface area contributed by atoms with E-state index in [1.807, 2.05) is 0 Å². The number of alkyl halides is 3. The van der Waals surface area contributed by atoms with Crippen LogP contribution in [0.4, 0.5) is 4.79 Å². The smallest absolute Gasteiger partial charge is 0.407 e. The van der Waals surface area contributed by atoms with Gasteiger partial charge in [-0.25, -0.2) is 4.79 Å². The highest BCUT2D eigenvalue weighted by Crippen LogP contribution is 2.38. The Morgan fingerprint density at radius 3 is 1.58 bits per heavy atom. The molecule has 0 aromatic heterocycles. The van der Waals surface area contributed by atoms with E-state index >= 15 is 0 Å². The largest absolute Gasteiger partial charge is 0.463 e. The average Bonchev–Trinajstić information content (AvgIpc) is 3.30. The molecule has 0 unspecified atom stereocenters. The van der Waals surface area contributed by atoms with Crippen molar-refractivity contribution in [2.75, 3.05) is 19.8 Å². The fraction of sp³-hybridized carbons (Fsp3) is 0.596. The molecular formula is C47H58Cl3NO22. The quantitative estimate of drug-likeness (QED) is 0.109. The van der Waals surface area contributed by atoms with Gasteiger partial charge in [0.2, 0.25) is 3.79 Å². The fourth-order valence-electron chi connectivity index (χ4n) is 8.04. The number of carbonyl (C=O) groups is 7. The SMILES string of the molecule is CC(=O)OC[C@H]1O[C@@H](O[C@H]2[C@H](O[C@@H]3O[C@@H](C)[C@@H](OC(C)=O)[C@@H](OC(C)=O)[C@@H]3OCc3ccccc3)[C@@H](NC(=O)OCC(Cl)(Cl)Cl)[C@H](O)O[C@@H]2COCc2ccccc2)[C@H](OC(C)=O)[C@@H](OC(C)=O)[C@H]1OC(C)=O. The Morgan fingerprint density at radius 1 is 0.548 bits per heavy atom. The Balaban J connectivity index is 1.69. The normalized spacial score (nSPS) is 30.2. The predicted octanol–water partition coefficient (Wildman–Crippen LogP) is 3.43. The number of aliphatic hydroxyl groups excluding tert-OH is 1. The van der Waals surface area contributed by atoms with E-state index in [1.165, 1.54) is 6.92 Å². The van der Waals surface area contributed by atoms with Gasteiger partial charge in [-0.2, -0.15) is 0 Å². The molecule has 73 heavy (non-hydrogen) atoms. The van der Waals surface area contributed by atoms with E-state index in [2.05, 4.69) is 5.32 Å². The highest BCUT2D eigenvalue weighted by Gasteiger charge is 2.58. The van der Waals surface area contributed by atoms with E-state index in [0.717, 1.165) is 41.5 Å². The summed E-state index contributed by atoms with van der Waals surface area (Å²) in [6, 6.07) is 15.8. The Hall–Kier alpha value is -4.92. The van der Waals surface area contributed by atoms with Gasteiger partial charge in [0.1, 0.15) is 49.8 Å². The minimum atomic E-state index is -2.10. The van der Waals surface area contributed by atoms with Crippen LogP contribution in [0, 0.1) is 0 Å². The number of hydrogen-bond donors (Lipinski definition) is 2. The number of hydrogen-bond acceptors (Lipinski definition) is 22. The number of rotatable bonds is 20. The summed E-state index contributed by atoms with van der Waals surface area (Å²) < 4.78 is 81.5. The molecule has 0 radical (unpaired) electrons. The molecule has 3 aliphatic rings. The number of nitrogens with one attached hydrogen (secondary N) is 1. The van der Waals surface area contributed by atoms with Crippen LogP contribution in [-0.4, -0.2) is 163 Å². The second kappa shape index (κ2) is 27.6. The van der Waals surface area contributed by atoms with Crippen molar-refractivity contribution in [1.82, 2.24) is 5.32 Å². The van der Waals surface area contributed by atoms with E-state index in [9.17, 15) is 38.7 Å². The zero-order chi connectivity index (χ0) is 53.6. The summed E-state index contributed by atoms with van der Waals surface area (Å²) in [6.45, 7) is 5.84. The molecule has 5 rings (SSSR count). The number of amides is 1. The van der Waals surface area contributed by atoms with Crippen molar-refractivity contribution in [3.8, 4) is 0 Å². The van der Waals surface area contributed by atoms with Crippen LogP contribution in [0.5, 0.6) is 0 Å². The van der Waals surface area contributed by atoms with Gasteiger partial charge in [0.15, 0.2) is 49.4 Å². The van der Waals surface area contributed by atoms with Crippen LogP contribution in [0.3, 0.4) is 0 Å². The number of benzene rings is 2. The molecule has 3 heterocycles. The highest BCUT2D eigenvalue weighted by molar-refractivity contribution is 6.67. The van der Waals surface area contributed by atoms with E-state index < -0.39 is 158 Å². The maximum absolute atomic E-state index is 13.6. The van der Waals surface area contributed by atoms with E-state index in [0.29, 0.717) is 11.1 Å². The van der Waals surface area contributed by atoms with Crippen LogP contribution in [0.25, 0.3) is 0 Å². The Morgan fingerprint density at radius 2 is 1.03 bits per heavy atom. The van der Waals surface area contributed by atoms with Gasteiger partial charge < -0.3 is 76.7 Å². The Kier molecular flexibility index (Phi) is 22.3. The summed E-state index contributed by atoms with van der Waals surface area (Å²) >= 11 is 17.7. The van der Waals surface area contributed by atoms with Gasteiger partial charge in [0.25, 0.3) is 0 Å². The van der Waals surface area contributed by atoms with Crippen LogP contribution in [0.2, 0.25) is 0 Å². The summed E-state index contributed by atoms with van der Waals surface area (Å²) in [4.78, 5) is 89.3. The van der Waals surface area contributed by atoms with Crippen molar-refractivity contribution >= 4 is 76.7 Å². The molecule has 3 fully saturated rings. The third-order valence-electron chi connectivity index (χ3n) is 10.9. The lowest BCUT2D eigenvalue weighted by Gasteiger charge is -2.50. The molecule has 23 nitrogen and oxygen atoms in total. The summed E-state index contributed by atoms with van der Waals surface area (Å²) in [7, 11) is 0. The zero-order valence-corrected chi connectivity index (χ0v) is 42.9. The molecule has 26 heteroatoms. The first-order chi connectivity index (χ1) is 34.5. The third kappa shape index (κ3) is 18.2. The lowest BCUT2D eigenvalue weighted by atomic mass is 9.94. The molecule has 0 bridgehead atoms. The van der Waals surface area contributed by atoms with Crippen LogP contribution < -0.4 is 5.32 Å². The lowest BCUT2D eigenvalue weighted by molar-refractivity contribution is -0.374. The van der Waals surface area contributed by atoms with Crippen molar-refractivity contribution in [1.29, 1.82) is 0 Å². The summed E-state index contributed by atoms with van der Waals surface area (Å²) in [6.07, 6.45) is -24.0. The molecule has 2 aromatic rings. The van der Waals surface area contributed by atoms with Crippen LogP contribution in [-0.2, 0) is 108 Å². The van der Waals surface area contributed by atoms with E-state index in [-0.39, 0.29) is 13.2 Å². The van der Waals surface area contributed by atoms with Gasteiger partial charge in [-0.05, 0) is 18.1 Å². The number of halogens is 3. The van der Waals surface area contributed by atoms with Crippen molar-refractivity contribution in [2.24, 2.45) is 0 Å². The molecular weight excluding hydrogens is 1040 g/mol. The number of ether oxygens (including phenoxy) is 14. The van der Waals surface area contributed by atoms with E-state index in [4.69, 9.17) is 101 Å². The zero-order valence-electron chi connectivity index (χ0n) is 40.6. The fourth-order valence-corrected chi connectivity index (χ4v) is 8.20. The molecule has 3 aliphatic heterocycles. The van der Waals surface area contributed by atoms with Gasteiger partial charge in [-0.1, -0.05) is 95.5 Å². The second-order valence-corrected chi connectivity index (χ2v) is 19.3. The van der Waals surface area contributed by atoms with Crippen molar-refractivity contribution in [3.63, 3.8) is 0 Å². The van der Waals surface area contributed by atoms with Crippen molar-refractivity contribution < 1.29 is 105 Å². The Labute approximate surface area is 434 Å². The van der Waals surface area contributed by atoms with Gasteiger partial charge in [0.05, 0.1) is 25.9 Å². The molecule has 2 N–H and O–H groups in total. The molecule has 0 saturated carbocycles. The second-order valence-electron chi connectivity index (χ2n) is 16.8. The number of esters is 6. The van der Waals surface area contributed by atoms with Crippen molar-refractivity contribution in [3.05, 3.63) is 71.8 Å². The van der Waals surface area contributed by atoms with Gasteiger partial charge in [0, 0.05) is 41.5 Å². The monoisotopic (exact) mass is 1090 g/mol. The maximum atomic E-state index is 13.6. The molecule has 15 atom stereocenters. The minimum absolute atomic E-state index is 0.0284. The van der Waals surface area contributed by atoms with Crippen LogP contribution in [0.1, 0.15) is 59.6 Å². The molecule has 0 spiro atoms. The molecule has 0 aliphatic carbocycles. The highest BCUT2D eigenvalue weighted by atomic mass is 35.6. The van der Waals surface area contributed by atoms with Gasteiger partial charge in [-0.15, -0.1) is 0 Å². The predicted molar refractivity (Wildman–Crippen MR) is 248 cm³/mol. The summed E-state index contributed by atoms with van der Waals surface area (Å²) in [5, 5.41) is 14.4. The average molecular weight is 1100 g/mol.